The van der Waals surface area contributed by atoms with E-state index in [1.165, 1.54) is 18.3 Å². The van der Waals surface area contributed by atoms with Crippen LogP contribution in [-0.4, -0.2) is 9.91 Å². The zero-order valence-corrected chi connectivity index (χ0v) is 10.1. The van der Waals surface area contributed by atoms with Crippen LogP contribution in [0.25, 0.3) is 0 Å². The van der Waals surface area contributed by atoms with Crippen molar-refractivity contribution in [2.75, 3.05) is 0 Å². The largest absolute Gasteiger partial charge is 0.439 e. The Hall–Kier alpha value is -1.95. The molecule has 0 unspecified atom stereocenters. The first kappa shape index (κ1) is 11.5. The van der Waals surface area contributed by atoms with E-state index < -0.39 is 4.92 Å². The van der Waals surface area contributed by atoms with Crippen LogP contribution in [0, 0.1) is 10.1 Å². The Kier molecular flexibility index (Phi) is 3.34. The first-order chi connectivity index (χ1) is 8.15. The summed E-state index contributed by atoms with van der Waals surface area (Å²) in [6.45, 7) is 0. The predicted molar refractivity (Wildman–Crippen MR) is 65.1 cm³/mol. The number of nitrogens with zero attached hydrogens (tertiary/aromatic N) is 2. The number of pyridine rings is 1. The summed E-state index contributed by atoms with van der Waals surface area (Å²) < 4.78 is 6.27. The highest BCUT2D eigenvalue weighted by Crippen LogP contribution is 2.24. The molecule has 0 saturated heterocycles. The molecule has 1 aromatic heterocycles. The summed E-state index contributed by atoms with van der Waals surface area (Å²) >= 11 is 3.30. The lowest BCUT2D eigenvalue weighted by molar-refractivity contribution is -0.385. The number of hydrogen-bond donors (Lipinski definition) is 0. The molecule has 5 nitrogen and oxygen atoms in total. The van der Waals surface area contributed by atoms with Crippen LogP contribution < -0.4 is 4.74 Å². The van der Waals surface area contributed by atoms with Crippen molar-refractivity contribution in [2.24, 2.45) is 0 Å². The normalized spacial score (nSPS) is 9.94. The van der Waals surface area contributed by atoms with Crippen LogP contribution in [0.4, 0.5) is 5.69 Å². The van der Waals surface area contributed by atoms with E-state index in [-0.39, 0.29) is 11.6 Å². The van der Waals surface area contributed by atoms with Gasteiger partial charge in [-0.25, -0.2) is 4.98 Å². The van der Waals surface area contributed by atoms with E-state index in [2.05, 4.69) is 20.9 Å². The minimum atomic E-state index is -0.491. The molecule has 17 heavy (non-hydrogen) atoms. The number of hydrogen-bond acceptors (Lipinski definition) is 4. The molecule has 0 spiro atoms. The smallest absolute Gasteiger partial charge is 0.276 e. The van der Waals surface area contributed by atoms with Gasteiger partial charge in [-0.2, -0.15) is 0 Å². The van der Waals surface area contributed by atoms with Gasteiger partial charge in [-0.1, -0.05) is 22.0 Å². The fourth-order valence-electron chi connectivity index (χ4n) is 1.22. The number of aromatic nitrogens is 1. The van der Waals surface area contributed by atoms with Gasteiger partial charge in [0, 0.05) is 16.7 Å². The monoisotopic (exact) mass is 294 g/mol. The average Bonchev–Trinajstić information content (AvgIpc) is 2.29. The van der Waals surface area contributed by atoms with Gasteiger partial charge in [-0.05, 0) is 18.2 Å². The van der Waals surface area contributed by atoms with Crippen LogP contribution in [0.5, 0.6) is 11.6 Å². The average molecular weight is 295 g/mol. The Morgan fingerprint density at radius 3 is 2.82 bits per heavy atom. The Bertz CT molecular complexity index is 560. The lowest BCUT2D eigenvalue weighted by Gasteiger charge is -2.04. The molecule has 6 heteroatoms. The third kappa shape index (κ3) is 3.01. The van der Waals surface area contributed by atoms with Crippen molar-refractivity contribution in [3.8, 4) is 11.6 Å². The summed E-state index contributed by atoms with van der Waals surface area (Å²) in [6, 6.07) is 9.74. The third-order valence-electron chi connectivity index (χ3n) is 1.95. The molecule has 1 heterocycles. The van der Waals surface area contributed by atoms with Crippen molar-refractivity contribution in [1.82, 2.24) is 4.98 Å². The minimum absolute atomic E-state index is 0.0509. The number of rotatable bonds is 3. The van der Waals surface area contributed by atoms with E-state index in [0.29, 0.717) is 5.75 Å². The lowest BCUT2D eigenvalue weighted by atomic mass is 10.3. The van der Waals surface area contributed by atoms with Crippen molar-refractivity contribution in [1.29, 1.82) is 0 Å². The van der Waals surface area contributed by atoms with Crippen LogP contribution in [0.1, 0.15) is 0 Å². The Morgan fingerprint density at radius 2 is 2.12 bits per heavy atom. The van der Waals surface area contributed by atoms with E-state index in [1.807, 2.05) is 6.07 Å². The van der Waals surface area contributed by atoms with Crippen LogP contribution in [0.3, 0.4) is 0 Å². The van der Waals surface area contributed by atoms with E-state index in [9.17, 15) is 10.1 Å². The molecule has 0 radical (unpaired) electrons. The molecule has 2 rings (SSSR count). The Balaban J connectivity index is 2.24. The Labute approximate surface area is 105 Å². The zero-order chi connectivity index (χ0) is 12.3. The van der Waals surface area contributed by atoms with E-state index in [4.69, 9.17) is 4.74 Å². The van der Waals surface area contributed by atoms with E-state index >= 15 is 0 Å². The number of halogens is 1. The first-order valence-corrected chi connectivity index (χ1v) is 5.48. The molecule has 1 aromatic carbocycles. The molecule has 0 bridgehead atoms. The van der Waals surface area contributed by atoms with Crippen molar-refractivity contribution < 1.29 is 9.66 Å². The maximum atomic E-state index is 10.6. The molecule has 0 amide bonds. The molecular formula is C11H7BrN2O3. The summed E-state index contributed by atoms with van der Waals surface area (Å²) in [6.07, 6.45) is 1.34. The maximum absolute atomic E-state index is 10.6. The van der Waals surface area contributed by atoms with Crippen LogP contribution >= 0.6 is 15.9 Å². The van der Waals surface area contributed by atoms with Gasteiger partial charge < -0.3 is 4.74 Å². The minimum Gasteiger partial charge on any atom is -0.439 e. The van der Waals surface area contributed by atoms with Gasteiger partial charge in [0.1, 0.15) is 5.75 Å². The quantitative estimate of drug-likeness (QED) is 0.641. The molecule has 0 fully saturated rings. The van der Waals surface area contributed by atoms with E-state index in [0.717, 1.165) is 4.47 Å². The molecule has 0 aliphatic carbocycles. The fourth-order valence-corrected chi connectivity index (χ4v) is 1.60. The Morgan fingerprint density at radius 1 is 1.29 bits per heavy atom. The van der Waals surface area contributed by atoms with Crippen molar-refractivity contribution >= 4 is 21.6 Å². The second-order valence-electron chi connectivity index (χ2n) is 3.17. The van der Waals surface area contributed by atoms with Gasteiger partial charge in [0.15, 0.2) is 0 Å². The highest BCUT2D eigenvalue weighted by Gasteiger charge is 2.08. The number of benzene rings is 1. The fraction of sp³-hybridized carbons (Fsp3) is 0. The molecular weight excluding hydrogens is 288 g/mol. The SMILES string of the molecule is O=[N+]([O-])c1ccnc(Oc2cccc(Br)c2)c1. The summed E-state index contributed by atoms with van der Waals surface area (Å²) in [7, 11) is 0. The van der Waals surface area contributed by atoms with Gasteiger partial charge in [-0.3, -0.25) is 10.1 Å². The van der Waals surface area contributed by atoms with Gasteiger partial charge >= 0.3 is 0 Å². The summed E-state index contributed by atoms with van der Waals surface area (Å²) in [5.41, 5.74) is -0.0509. The number of nitro groups is 1. The van der Waals surface area contributed by atoms with Crippen molar-refractivity contribution in [3.63, 3.8) is 0 Å². The van der Waals surface area contributed by atoms with Gasteiger partial charge in [-0.15, -0.1) is 0 Å². The molecule has 0 atom stereocenters. The molecule has 0 aliphatic rings. The standard InChI is InChI=1S/C11H7BrN2O3/c12-8-2-1-3-10(6-8)17-11-7-9(14(15)16)4-5-13-11/h1-7H. The van der Waals surface area contributed by atoms with Gasteiger partial charge in [0.25, 0.3) is 5.69 Å². The molecule has 0 saturated carbocycles. The second kappa shape index (κ2) is 4.92. The molecule has 2 aromatic rings. The maximum Gasteiger partial charge on any atom is 0.276 e. The van der Waals surface area contributed by atoms with Crippen LogP contribution in [0.2, 0.25) is 0 Å². The summed E-state index contributed by atoms with van der Waals surface area (Å²) in [4.78, 5) is 14.0. The summed E-state index contributed by atoms with van der Waals surface area (Å²) in [5, 5.41) is 10.6. The highest BCUT2D eigenvalue weighted by atomic mass is 79.9. The highest BCUT2D eigenvalue weighted by molar-refractivity contribution is 9.10. The van der Waals surface area contributed by atoms with E-state index in [1.54, 1.807) is 18.2 Å². The molecule has 0 aliphatic heterocycles. The molecule has 86 valence electrons. The van der Waals surface area contributed by atoms with Gasteiger partial charge in [0.2, 0.25) is 5.88 Å². The first-order valence-electron chi connectivity index (χ1n) is 4.69. The van der Waals surface area contributed by atoms with Gasteiger partial charge in [0.05, 0.1) is 11.0 Å². The topological polar surface area (TPSA) is 65.3 Å². The van der Waals surface area contributed by atoms with Crippen molar-refractivity contribution in [3.05, 3.63) is 57.2 Å². The third-order valence-corrected chi connectivity index (χ3v) is 2.44. The van der Waals surface area contributed by atoms with Crippen LogP contribution in [0.15, 0.2) is 47.1 Å². The van der Waals surface area contributed by atoms with Crippen molar-refractivity contribution in [2.45, 2.75) is 0 Å². The predicted octanol–water partition coefficient (Wildman–Crippen LogP) is 3.54. The molecule has 0 N–H and O–H groups in total. The van der Waals surface area contributed by atoms with Crippen LogP contribution in [-0.2, 0) is 0 Å². The summed E-state index contributed by atoms with van der Waals surface area (Å²) in [5.74, 6) is 0.754. The lowest BCUT2D eigenvalue weighted by Crippen LogP contribution is -1.91. The second-order valence-corrected chi connectivity index (χ2v) is 4.08. The number of ether oxygens (including phenoxy) is 1. The zero-order valence-electron chi connectivity index (χ0n) is 8.54.